The number of carbonyl (C=O) groups is 1. The first-order valence-corrected chi connectivity index (χ1v) is 13.0. The molecular weight excluding hydrogens is 487 g/mol. The molecule has 0 bridgehead atoms. The molecule has 3 aromatic carbocycles. The summed E-state index contributed by atoms with van der Waals surface area (Å²) in [7, 11) is 0. The van der Waals surface area contributed by atoms with Crippen LogP contribution in [0.3, 0.4) is 0 Å². The Kier molecular flexibility index (Phi) is 8.46. The number of carboxylic acids is 1. The minimum Gasteiger partial charge on any atom is -0.480 e. The van der Waals surface area contributed by atoms with Gasteiger partial charge >= 0.3 is 5.97 Å². The number of fused-ring (bicyclic) bond motifs is 1. The van der Waals surface area contributed by atoms with Crippen LogP contribution in [0.1, 0.15) is 60.9 Å². The molecule has 7 heteroatoms. The molecule has 1 aliphatic carbocycles. The maximum absolute atomic E-state index is 11.1. The van der Waals surface area contributed by atoms with E-state index in [1.54, 1.807) is 0 Å². The van der Waals surface area contributed by atoms with Crippen molar-refractivity contribution in [3.63, 3.8) is 0 Å². The average Bonchev–Trinajstić information content (AvgIpc) is 3.60. The van der Waals surface area contributed by atoms with E-state index in [0.717, 1.165) is 66.3 Å². The molecular formula is C31H30N2NaO4. The molecule has 38 heavy (non-hydrogen) atoms. The number of aromatic nitrogens is 1. The SMILES string of the molecule is O=C(O)COC1CC[C@@H](N2CCC[C@@H]2c2nc(-c3ccccc3)c(-c3ccccc3)o2)c2ccccc21.[Na]. The third-order valence-corrected chi connectivity index (χ3v) is 7.52. The number of ether oxygens (including phenoxy) is 1. The second-order valence-electron chi connectivity index (χ2n) is 9.77. The second-order valence-corrected chi connectivity index (χ2v) is 9.77. The molecule has 1 N–H and O–H groups in total. The summed E-state index contributed by atoms with van der Waals surface area (Å²) in [5, 5.41) is 9.12. The number of likely N-dealkylation sites (tertiary alicyclic amines) is 1. The van der Waals surface area contributed by atoms with Crippen LogP contribution < -0.4 is 0 Å². The summed E-state index contributed by atoms with van der Waals surface area (Å²) in [4.78, 5) is 18.7. The Hall–Kier alpha value is -2.74. The van der Waals surface area contributed by atoms with Crippen LogP contribution in [0.2, 0.25) is 0 Å². The van der Waals surface area contributed by atoms with Gasteiger partial charge in [0.15, 0.2) is 5.76 Å². The van der Waals surface area contributed by atoms with E-state index < -0.39 is 5.97 Å². The molecule has 3 atom stereocenters. The molecule has 6 nitrogen and oxygen atoms in total. The quantitative estimate of drug-likeness (QED) is 0.284. The molecule has 189 valence electrons. The fourth-order valence-corrected chi connectivity index (χ4v) is 5.90. The van der Waals surface area contributed by atoms with E-state index in [1.807, 2.05) is 42.5 Å². The smallest absolute Gasteiger partial charge is 0.329 e. The van der Waals surface area contributed by atoms with Crippen LogP contribution in [0, 0.1) is 0 Å². The topological polar surface area (TPSA) is 75.8 Å². The number of oxazole rings is 1. The first-order valence-electron chi connectivity index (χ1n) is 13.0. The van der Waals surface area contributed by atoms with Crippen LogP contribution in [-0.4, -0.2) is 63.7 Å². The first-order chi connectivity index (χ1) is 18.2. The zero-order valence-electron chi connectivity index (χ0n) is 21.6. The van der Waals surface area contributed by atoms with Gasteiger partial charge in [-0.15, -0.1) is 0 Å². The zero-order valence-corrected chi connectivity index (χ0v) is 23.6. The molecule has 6 rings (SSSR count). The van der Waals surface area contributed by atoms with Crippen LogP contribution >= 0.6 is 0 Å². The number of hydrogen-bond acceptors (Lipinski definition) is 5. The molecule has 1 aromatic heterocycles. The van der Waals surface area contributed by atoms with Gasteiger partial charge in [-0.25, -0.2) is 9.78 Å². The Morgan fingerprint density at radius 2 is 1.53 bits per heavy atom. The standard InChI is InChI=1S/C31H30N2O4.Na/c34-28(35)20-36-27-18-17-25(23-14-7-8-15-24(23)27)33-19-9-16-26(33)31-32-29(21-10-3-1-4-11-21)30(37-31)22-12-5-2-6-13-22;/h1-8,10-15,25-27H,9,16-20H2,(H,34,35);/t25-,26-,27?;/m1./s1. The number of carboxylic acid groups (broad SMARTS) is 1. The molecule has 0 saturated carbocycles. The average molecular weight is 518 g/mol. The normalized spacial score (nSPS) is 21.0. The third kappa shape index (κ3) is 5.37. The summed E-state index contributed by atoms with van der Waals surface area (Å²) in [5.41, 5.74) is 5.25. The van der Waals surface area contributed by atoms with E-state index in [0.29, 0.717) is 0 Å². The van der Waals surface area contributed by atoms with E-state index in [9.17, 15) is 4.79 Å². The van der Waals surface area contributed by atoms with Crippen molar-refractivity contribution in [2.45, 2.75) is 43.9 Å². The van der Waals surface area contributed by atoms with E-state index in [1.165, 1.54) is 5.56 Å². The second kappa shape index (κ2) is 12.0. The minimum absolute atomic E-state index is 0. The Balaban J connectivity index is 0.00000294. The van der Waals surface area contributed by atoms with E-state index in [2.05, 4.69) is 47.4 Å². The fourth-order valence-electron chi connectivity index (χ4n) is 5.90. The number of aliphatic carboxylic acids is 1. The molecule has 1 saturated heterocycles. The maximum Gasteiger partial charge on any atom is 0.329 e. The van der Waals surface area contributed by atoms with Crippen molar-refractivity contribution < 1.29 is 19.1 Å². The van der Waals surface area contributed by atoms with Gasteiger partial charge < -0.3 is 14.3 Å². The van der Waals surface area contributed by atoms with Crippen LogP contribution in [0.4, 0.5) is 0 Å². The zero-order chi connectivity index (χ0) is 25.2. The van der Waals surface area contributed by atoms with Crippen molar-refractivity contribution in [1.29, 1.82) is 0 Å². The third-order valence-electron chi connectivity index (χ3n) is 7.52. The minimum atomic E-state index is -0.938. The molecule has 1 aliphatic heterocycles. The van der Waals surface area contributed by atoms with Crippen LogP contribution in [0.25, 0.3) is 22.6 Å². The number of rotatable bonds is 7. The van der Waals surface area contributed by atoms with Crippen molar-refractivity contribution in [1.82, 2.24) is 9.88 Å². The molecule has 4 aromatic rings. The monoisotopic (exact) mass is 517 g/mol. The Morgan fingerprint density at radius 3 is 2.24 bits per heavy atom. The largest absolute Gasteiger partial charge is 0.480 e. The van der Waals surface area contributed by atoms with Crippen LogP contribution in [0.5, 0.6) is 0 Å². The van der Waals surface area contributed by atoms with Crippen molar-refractivity contribution in [3.05, 3.63) is 102 Å². The van der Waals surface area contributed by atoms with Crippen molar-refractivity contribution in [2.75, 3.05) is 13.2 Å². The molecule has 2 aliphatic rings. The maximum atomic E-state index is 11.1. The molecule has 2 heterocycles. The van der Waals surface area contributed by atoms with Gasteiger partial charge in [0.1, 0.15) is 12.3 Å². The van der Waals surface area contributed by atoms with E-state index in [4.69, 9.17) is 19.2 Å². The summed E-state index contributed by atoms with van der Waals surface area (Å²) in [6.07, 6.45) is 3.55. The summed E-state index contributed by atoms with van der Waals surface area (Å²) >= 11 is 0. The van der Waals surface area contributed by atoms with E-state index in [-0.39, 0.29) is 54.4 Å². The van der Waals surface area contributed by atoms with Gasteiger partial charge in [-0.05, 0) is 43.4 Å². The fraction of sp³-hybridized carbons (Fsp3) is 0.290. The summed E-state index contributed by atoms with van der Waals surface area (Å²) in [6.45, 7) is 0.685. The Morgan fingerprint density at radius 1 is 0.868 bits per heavy atom. The number of nitrogens with zero attached hydrogens (tertiary/aromatic N) is 2. The summed E-state index contributed by atoms with van der Waals surface area (Å²) < 4.78 is 12.4. The predicted octanol–water partition coefficient (Wildman–Crippen LogP) is 6.44. The molecule has 1 unspecified atom stereocenters. The number of hydrogen-bond donors (Lipinski definition) is 1. The van der Waals surface area contributed by atoms with Gasteiger partial charge in [-0.1, -0.05) is 84.9 Å². The Bertz CT molecular complexity index is 1320. The van der Waals surface area contributed by atoms with Gasteiger partial charge in [0, 0.05) is 46.7 Å². The first kappa shape index (κ1) is 26.9. The van der Waals surface area contributed by atoms with Crippen molar-refractivity contribution >= 4 is 35.5 Å². The van der Waals surface area contributed by atoms with Gasteiger partial charge in [0.2, 0.25) is 5.89 Å². The molecule has 1 fully saturated rings. The Labute approximate surface area is 244 Å². The number of benzene rings is 3. The van der Waals surface area contributed by atoms with E-state index >= 15 is 0 Å². The molecule has 0 spiro atoms. The van der Waals surface area contributed by atoms with Gasteiger partial charge in [-0.2, -0.15) is 0 Å². The molecule has 1 radical (unpaired) electrons. The van der Waals surface area contributed by atoms with Crippen LogP contribution in [-0.2, 0) is 9.53 Å². The van der Waals surface area contributed by atoms with Gasteiger partial charge in [0.05, 0.1) is 12.1 Å². The summed E-state index contributed by atoms with van der Waals surface area (Å²) in [5.74, 6) is 0.628. The molecule has 0 amide bonds. The van der Waals surface area contributed by atoms with Gasteiger partial charge in [-0.3, -0.25) is 4.90 Å². The predicted molar refractivity (Wildman–Crippen MR) is 147 cm³/mol. The van der Waals surface area contributed by atoms with Gasteiger partial charge in [0.25, 0.3) is 0 Å². The van der Waals surface area contributed by atoms with Crippen molar-refractivity contribution in [2.24, 2.45) is 0 Å². The van der Waals surface area contributed by atoms with Crippen molar-refractivity contribution in [3.8, 4) is 22.6 Å². The van der Waals surface area contributed by atoms with Crippen LogP contribution in [0.15, 0.2) is 89.3 Å². The summed E-state index contributed by atoms with van der Waals surface area (Å²) in [6, 6.07) is 29.0.